The molecule has 1 aliphatic carbocycles. The molecule has 3 atom stereocenters. The molecule has 0 amide bonds. The fourth-order valence-corrected chi connectivity index (χ4v) is 2.52. The van der Waals surface area contributed by atoms with Crippen LogP contribution < -0.4 is 0 Å². The summed E-state index contributed by atoms with van der Waals surface area (Å²) in [7, 11) is 0. The van der Waals surface area contributed by atoms with Crippen LogP contribution in [0.5, 0.6) is 0 Å². The quantitative estimate of drug-likeness (QED) is 0.764. The van der Waals surface area contributed by atoms with Crippen molar-refractivity contribution >= 4 is 5.97 Å². The molecule has 86 valence electrons. The van der Waals surface area contributed by atoms with Crippen molar-refractivity contribution in [2.45, 2.75) is 52.2 Å². The van der Waals surface area contributed by atoms with Gasteiger partial charge in [-0.1, -0.05) is 20.8 Å². The van der Waals surface area contributed by atoms with Gasteiger partial charge in [0.2, 0.25) is 0 Å². The summed E-state index contributed by atoms with van der Waals surface area (Å²) < 4.78 is 5.94. The zero-order valence-corrected chi connectivity index (χ0v) is 9.69. The van der Waals surface area contributed by atoms with Gasteiger partial charge in [0.1, 0.15) is 0 Å². The molecule has 1 N–H and O–H groups in total. The van der Waals surface area contributed by atoms with Gasteiger partial charge in [0.05, 0.1) is 18.1 Å². The lowest BCUT2D eigenvalue weighted by atomic mass is 9.81. The Morgan fingerprint density at radius 3 is 2.27 bits per heavy atom. The highest BCUT2D eigenvalue weighted by atomic mass is 16.5. The van der Waals surface area contributed by atoms with Crippen molar-refractivity contribution in [3.63, 3.8) is 0 Å². The molecule has 0 aromatic heterocycles. The molecule has 1 saturated carbocycles. The Hall–Kier alpha value is -0.570. The molecule has 1 saturated heterocycles. The van der Waals surface area contributed by atoms with Gasteiger partial charge in [-0.25, -0.2) is 0 Å². The van der Waals surface area contributed by atoms with Gasteiger partial charge in [0, 0.05) is 0 Å². The minimum Gasteiger partial charge on any atom is -0.481 e. The maximum absolute atomic E-state index is 11.2. The van der Waals surface area contributed by atoms with E-state index in [9.17, 15) is 9.90 Å². The summed E-state index contributed by atoms with van der Waals surface area (Å²) in [5, 5.41) is 9.19. The van der Waals surface area contributed by atoms with Gasteiger partial charge in [-0.15, -0.1) is 0 Å². The third kappa shape index (κ3) is 2.17. The number of ether oxygens (including phenoxy) is 1. The van der Waals surface area contributed by atoms with Crippen molar-refractivity contribution in [3.05, 3.63) is 0 Å². The minimum atomic E-state index is -0.696. The molecule has 2 rings (SSSR count). The zero-order valence-electron chi connectivity index (χ0n) is 9.69. The summed E-state index contributed by atoms with van der Waals surface area (Å²) in [4.78, 5) is 11.2. The monoisotopic (exact) mass is 212 g/mol. The summed E-state index contributed by atoms with van der Waals surface area (Å²) in [6.07, 6.45) is 3.22. The molecule has 1 heterocycles. The first-order valence-corrected chi connectivity index (χ1v) is 5.78. The van der Waals surface area contributed by atoms with Crippen molar-refractivity contribution in [2.75, 3.05) is 0 Å². The average Bonchev–Trinajstić information content (AvgIpc) is 2.81. The molecule has 15 heavy (non-hydrogen) atoms. The van der Waals surface area contributed by atoms with Crippen LogP contribution in [0.25, 0.3) is 0 Å². The first kappa shape index (κ1) is 10.9. The Bertz CT molecular complexity index is 263. The minimum absolute atomic E-state index is 0.0767. The van der Waals surface area contributed by atoms with Crippen LogP contribution in [0.3, 0.4) is 0 Å². The fourth-order valence-electron chi connectivity index (χ4n) is 2.52. The number of aliphatic carboxylic acids is 1. The second-order valence-corrected chi connectivity index (χ2v) is 5.98. The van der Waals surface area contributed by atoms with Gasteiger partial charge < -0.3 is 9.84 Å². The van der Waals surface area contributed by atoms with E-state index in [4.69, 9.17) is 4.74 Å². The molecule has 3 nitrogen and oxygen atoms in total. The standard InChI is InChI=1S/C12H20O3/c1-12(2,3)10-8(11(13)14)6-9(15-10)7-4-5-7/h7-10H,4-6H2,1-3H3,(H,13,14). The van der Waals surface area contributed by atoms with Crippen LogP contribution in [0.1, 0.15) is 40.0 Å². The summed E-state index contributed by atoms with van der Waals surface area (Å²) in [5.41, 5.74) is -0.0767. The molecule has 3 unspecified atom stereocenters. The van der Waals surface area contributed by atoms with Gasteiger partial charge >= 0.3 is 5.97 Å². The largest absolute Gasteiger partial charge is 0.481 e. The van der Waals surface area contributed by atoms with Crippen LogP contribution in [-0.4, -0.2) is 23.3 Å². The number of hydrogen-bond acceptors (Lipinski definition) is 2. The molecule has 0 bridgehead atoms. The van der Waals surface area contributed by atoms with Crippen LogP contribution in [0.4, 0.5) is 0 Å². The summed E-state index contributed by atoms with van der Waals surface area (Å²) in [5.74, 6) is -0.368. The average molecular weight is 212 g/mol. The van der Waals surface area contributed by atoms with Crippen LogP contribution in [0.2, 0.25) is 0 Å². The highest BCUT2D eigenvalue weighted by Gasteiger charge is 2.49. The Morgan fingerprint density at radius 2 is 1.93 bits per heavy atom. The number of hydrogen-bond donors (Lipinski definition) is 1. The maximum atomic E-state index is 11.2. The molecule has 0 aromatic carbocycles. The SMILES string of the molecule is CC(C)(C)C1OC(C2CC2)CC1C(=O)O. The molecule has 1 aliphatic heterocycles. The van der Waals surface area contributed by atoms with Crippen molar-refractivity contribution < 1.29 is 14.6 Å². The van der Waals surface area contributed by atoms with Crippen LogP contribution in [0.15, 0.2) is 0 Å². The number of rotatable bonds is 2. The fraction of sp³-hybridized carbons (Fsp3) is 0.917. The van der Waals surface area contributed by atoms with E-state index >= 15 is 0 Å². The van der Waals surface area contributed by atoms with Gasteiger partial charge in [-0.2, -0.15) is 0 Å². The van der Waals surface area contributed by atoms with Crippen LogP contribution >= 0.6 is 0 Å². The topological polar surface area (TPSA) is 46.5 Å². The number of carboxylic acids is 1. The second kappa shape index (κ2) is 3.48. The Balaban J connectivity index is 2.10. The molecule has 0 radical (unpaired) electrons. The van der Waals surface area contributed by atoms with Gasteiger partial charge in [-0.05, 0) is 30.6 Å². The normalized spacial score (nSPS) is 36.9. The van der Waals surface area contributed by atoms with E-state index < -0.39 is 5.97 Å². The van der Waals surface area contributed by atoms with E-state index in [0.717, 1.165) is 0 Å². The Kier molecular flexibility index (Phi) is 2.53. The number of carbonyl (C=O) groups is 1. The lowest BCUT2D eigenvalue weighted by molar-refractivity contribution is -0.146. The van der Waals surface area contributed by atoms with E-state index in [1.54, 1.807) is 0 Å². The predicted octanol–water partition coefficient (Wildman–Crippen LogP) is 2.30. The van der Waals surface area contributed by atoms with E-state index in [1.807, 2.05) is 0 Å². The lowest BCUT2D eigenvalue weighted by Gasteiger charge is -2.29. The Labute approximate surface area is 90.8 Å². The smallest absolute Gasteiger partial charge is 0.309 e. The van der Waals surface area contributed by atoms with Crippen molar-refractivity contribution in [1.29, 1.82) is 0 Å². The molecule has 3 heteroatoms. The van der Waals surface area contributed by atoms with E-state index in [-0.39, 0.29) is 23.5 Å². The third-order valence-corrected chi connectivity index (χ3v) is 3.49. The van der Waals surface area contributed by atoms with E-state index in [2.05, 4.69) is 20.8 Å². The predicted molar refractivity (Wildman–Crippen MR) is 56.6 cm³/mol. The van der Waals surface area contributed by atoms with Crippen molar-refractivity contribution in [2.24, 2.45) is 17.3 Å². The lowest BCUT2D eigenvalue weighted by Crippen LogP contribution is -2.35. The Morgan fingerprint density at radius 1 is 1.33 bits per heavy atom. The molecule has 0 spiro atoms. The van der Waals surface area contributed by atoms with Crippen molar-refractivity contribution in [1.82, 2.24) is 0 Å². The first-order chi connectivity index (χ1) is 6.89. The van der Waals surface area contributed by atoms with Gasteiger partial charge in [0.25, 0.3) is 0 Å². The molecular formula is C12H20O3. The van der Waals surface area contributed by atoms with Crippen LogP contribution in [-0.2, 0) is 9.53 Å². The van der Waals surface area contributed by atoms with E-state index in [1.165, 1.54) is 12.8 Å². The van der Waals surface area contributed by atoms with E-state index in [0.29, 0.717) is 12.3 Å². The van der Waals surface area contributed by atoms with Gasteiger partial charge in [-0.3, -0.25) is 4.79 Å². The first-order valence-electron chi connectivity index (χ1n) is 5.78. The maximum Gasteiger partial charge on any atom is 0.309 e. The summed E-state index contributed by atoms with van der Waals surface area (Å²) in [6, 6.07) is 0. The van der Waals surface area contributed by atoms with Crippen LogP contribution in [0, 0.1) is 17.3 Å². The second-order valence-electron chi connectivity index (χ2n) is 5.98. The van der Waals surface area contributed by atoms with Gasteiger partial charge in [0.15, 0.2) is 0 Å². The third-order valence-electron chi connectivity index (χ3n) is 3.49. The molecule has 0 aromatic rings. The summed E-state index contributed by atoms with van der Waals surface area (Å²) in [6.45, 7) is 6.18. The zero-order chi connectivity index (χ0) is 11.2. The van der Waals surface area contributed by atoms with Crippen molar-refractivity contribution in [3.8, 4) is 0 Å². The highest BCUT2D eigenvalue weighted by Crippen LogP contribution is 2.46. The highest BCUT2D eigenvalue weighted by molar-refractivity contribution is 5.71. The molecular weight excluding hydrogens is 192 g/mol. The summed E-state index contributed by atoms with van der Waals surface area (Å²) >= 11 is 0. The molecule has 2 aliphatic rings. The molecule has 2 fully saturated rings. The number of carboxylic acid groups (broad SMARTS) is 1.